The first-order valence-corrected chi connectivity index (χ1v) is 6.44. The highest BCUT2D eigenvalue weighted by Crippen LogP contribution is 2.35. The molecule has 100 valence electrons. The summed E-state index contributed by atoms with van der Waals surface area (Å²) >= 11 is 1.39. The van der Waals surface area contributed by atoms with Crippen LogP contribution in [0.25, 0.3) is 0 Å². The van der Waals surface area contributed by atoms with Crippen molar-refractivity contribution in [2.45, 2.75) is 16.8 Å². The zero-order chi connectivity index (χ0) is 13.9. The molecule has 1 heterocycles. The van der Waals surface area contributed by atoms with Gasteiger partial charge in [0.05, 0.1) is 5.56 Å². The zero-order valence-electron chi connectivity index (χ0n) is 9.82. The molecule has 0 fully saturated rings. The van der Waals surface area contributed by atoms with E-state index in [-0.39, 0.29) is 5.69 Å². The summed E-state index contributed by atoms with van der Waals surface area (Å²) in [5.41, 5.74) is 6.05. The first-order chi connectivity index (χ1) is 8.97. The van der Waals surface area contributed by atoms with Gasteiger partial charge in [0.1, 0.15) is 0 Å². The molecule has 0 saturated carbocycles. The molecule has 0 spiro atoms. The van der Waals surface area contributed by atoms with E-state index in [4.69, 9.17) is 5.73 Å². The normalized spacial score (nSPS) is 11.5. The molecule has 2 N–H and O–H groups in total. The van der Waals surface area contributed by atoms with E-state index in [1.807, 2.05) is 12.1 Å². The Morgan fingerprint density at radius 2 is 2.00 bits per heavy atom. The van der Waals surface area contributed by atoms with Crippen molar-refractivity contribution in [1.29, 1.82) is 0 Å². The fraction of sp³-hybridized carbons (Fsp3) is 0.154. The van der Waals surface area contributed by atoms with Crippen molar-refractivity contribution in [1.82, 2.24) is 4.98 Å². The number of nitrogens with two attached hydrogens (primary N) is 1. The first kappa shape index (κ1) is 13.7. The van der Waals surface area contributed by atoms with Crippen LogP contribution >= 0.6 is 11.8 Å². The van der Waals surface area contributed by atoms with Crippen molar-refractivity contribution in [3.8, 4) is 0 Å². The third-order valence-electron chi connectivity index (χ3n) is 2.45. The Morgan fingerprint density at radius 3 is 2.58 bits per heavy atom. The number of benzene rings is 1. The summed E-state index contributed by atoms with van der Waals surface area (Å²) in [7, 11) is 0. The lowest BCUT2D eigenvalue weighted by Gasteiger charge is -2.10. The highest BCUT2D eigenvalue weighted by Gasteiger charge is 2.30. The molecule has 1 aromatic carbocycles. The fourth-order valence-electron chi connectivity index (χ4n) is 1.50. The minimum absolute atomic E-state index is 0.142. The monoisotopic (exact) mass is 284 g/mol. The summed E-state index contributed by atoms with van der Waals surface area (Å²) in [5, 5.41) is 0. The number of anilines is 1. The summed E-state index contributed by atoms with van der Waals surface area (Å²) in [6, 6.07) is 7.12. The van der Waals surface area contributed by atoms with Gasteiger partial charge in [-0.15, -0.1) is 11.8 Å². The molecule has 2 aromatic rings. The van der Waals surface area contributed by atoms with E-state index in [1.54, 1.807) is 12.4 Å². The highest BCUT2D eigenvalue weighted by atomic mass is 32.2. The Bertz CT molecular complexity index is 556. The van der Waals surface area contributed by atoms with Gasteiger partial charge in [-0.05, 0) is 29.8 Å². The number of rotatable bonds is 3. The van der Waals surface area contributed by atoms with Crippen LogP contribution < -0.4 is 5.73 Å². The molecule has 19 heavy (non-hydrogen) atoms. The predicted octanol–water partition coefficient (Wildman–Crippen LogP) is 3.97. The van der Waals surface area contributed by atoms with Crippen LogP contribution in [0.4, 0.5) is 18.9 Å². The van der Waals surface area contributed by atoms with E-state index in [9.17, 15) is 13.2 Å². The number of halogens is 3. The van der Waals surface area contributed by atoms with Gasteiger partial charge in [0.15, 0.2) is 0 Å². The maximum absolute atomic E-state index is 12.5. The summed E-state index contributed by atoms with van der Waals surface area (Å²) < 4.78 is 37.4. The van der Waals surface area contributed by atoms with Crippen LogP contribution in [-0.4, -0.2) is 4.98 Å². The van der Waals surface area contributed by atoms with Crippen molar-refractivity contribution >= 4 is 17.4 Å². The number of alkyl halides is 3. The maximum Gasteiger partial charge on any atom is 0.416 e. The molecule has 0 aliphatic carbocycles. The van der Waals surface area contributed by atoms with Gasteiger partial charge < -0.3 is 5.73 Å². The van der Waals surface area contributed by atoms with Crippen molar-refractivity contribution in [3.63, 3.8) is 0 Å². The number of nitrogen functional groups attached to an aromatic ring is 1. The lowest BCUT2D eigenvalue weighted by molar-refractivity contribution is -0.137. The Kier molecular flexibility index (Phi) is 3.99. The van der Waals surface area contributed by atoms with Crippen molar-refractivity contribution in [2.24, 2.45) is 0 Å². The van der Waals surface area contributed by atoms with Gasteiger partial charge in [0, 0.05) is 28.7 Å². The summed E-state index contributed by atoms with van der Waals surface area (Å²) in [6.45, 7) is 0. The predicted molar refractivity (Wildman–Crippen MR) is 69.7 cm³/mol. The van der Waals surface area contributed by atoms with E-state index in [0.29, 0.717) is 10.6 Å². The number of nitrogens with zero attached hydrogens (tertiary/aromatic N) is 1. The number of aromatic nitrogens is 1. The molecule has 1 aromatic heterocycles. The third kappa shape index (κ3) is 3.64. The lowest BCUT2D eigenvalue weighted by Crippen LogP contribution is -2.05. The van der Waals surface area contributed by atoms with E-state index < -0.39 is 11.7 Å². The second kappa shape index (κ2) is 5.52. The second-order valence-corrected chi connectivity index (χ2v) is 4.92. The standard InChI is InChI=1S/C13H11F3N2S/c14-13(15,16)10-3-4-12(11(17)6-10)19-8-9-2-1-5-18-7-9/h1-7H,8,17H2. The van der Waals surface area contributed by atoms with Gasteiger partial charge in [0.25, 0.3) is 0 Å². The summed E-state index contributed by atoms with van der Waals surface area (Å²) in [4.78, 5) is 4.61. The Morgan fingerprint density at radius 1 is 1.21 bits per heavy atom. The molecule has 6 heteroatoms. The van der Waals surface area contributed by atoms with Crippen molar-refractivity contribution in [2.75, 3.05) is 5.73 Å². The number of pyridine rings is 1. The van der Waals surface area contributed by atoms with E-state index >= 15 is 0 Å². The zero-order valence-corrected chi connectivity index (χ0v) is 10.6. The van der Waals surface area contributed by atoms with Crippen LogP contribution in [0.15, 0.2) is 47.6 Å². The molecular formula is C13H11F3N2S. The average Bonchev–Trinajstić information content (AvgIpc) is 2.37. The van der Waals surface area contributed by atoms with E-state index in [2.05, 4.69) is 4.98 Å². The second-order valence-electron chi connectivity index (χ2n) is 3.90. The minimum Gasteiger partial charge on any atom is -0.398 e. The quantitative estimate of drug-likeness (QED) is 0.684. The molecule has 0 aliphatic rings. The highest BCUT2D eigenvalue weighted by molar-refractivity contribution is 7.98. The SMILES string of the molecule is Nc1cc(C(F)(F)F)ccc1SCc1cccnc1. The van der Waals surface area contributed by atoms with Gasteiger partial charge in [-0.25, -0.2) is 0 Å². The maximum atomic E-state index is 12.5. The average molecular weight is 284 g/mol. The van der Waals surface area contributed by atoms with Gasteiger partial charge in [-0.2, -0.15) is 13.2 Å². The molecule has 2 nitrogen and oxygen atoms in total. The van der Waals surface area contributed by atoms with Crippen LogP contribution in [0.1, 0.15) is 11.1 Å². The smallest absolute Gasteiger partial charge is 0.398 e. The first-order valence-electron chi connectivity index (χ1n) is 5.45. The molecule has 0 saturated heterocycles. The van der Waals surface area contributed by atoms with Gasteiger partial charge in [-0.1, -0.05) is 6.07 Å². The summed E-state index contributed by atoms with van der Waals surface area (Å²) in [6.07, 6.45) is -0.978. The van der Waals surface area contributed by atoms with E-state index in [1.165, 1.54) is 17.8 Å². The molecule has 0 aliphatic heterocycles. The van der Waals surface area contributed by atoms with Gasteiger partial charge in [0.2, 0.25) is 0 Å². The number of thioether (sulfide) groups is 1. The number of hydrogen-bond acceptors (Lipinski definition) is 3. The van der Waals surface area contributed by atoms with Crippen LogP contribution in [-0.2, 0) is 11.9 Å². The molecule has 0 atom stereocenters. The van der Waals surface area contributed by atoms with Crippen molar-refractivity contribution in [3.05, 3.63) is 53.9 Å². The summed E-state index contributed by atoms with van der Waals surface area (Å²) in [5.74, 6) is 0.614. The molecule has 0 bridgehead atoms. The molecule has 2 rings (SSSR count). The topological polar surface area (TPSA) is 38.9 Å². The van der Waals surface area contributed by atoms with Crippen LogP contribution in [0.3, 0.4) is 0 Å². The largest absolute Gasteiger partial charge is 0.416 e. The van der Waals surface area contributed by atoms with Gasteiger partial charge >= 0.3 is 6.18 Å². The Labute approximate surface area is 112 Å². The molecule has 0 amide bonds. The fourth-order valence-corrected chi connectivity index (χ4v) is 2.38. The lowest BCUT2D eigenvalue weighted by atomic mass is 10.2. The molecule has 0 unspecified atom stereocenters. The number of hydrogen-bond donors (Lipinski definition) is 1. The van der Waals surface area contributed by atoms with Crippen LogP contribution in [0.5, 0.6) is 0 Å². The Hall–Kier alpha value is -1.69. The van der Waals surface area contributed by atoms with E-state index in [0.717, 1.165) is 17.7 Å². The van der Waals surface area contributed by atoms with Crippen LogP contribution in [0.2, 0.25) is 0 Å². The Balaban J connectivity index is 2.10. The minimum atomic E-state index is -4.36. The van der Waals surface area contributed by atoms with Crippen molar-refractivity contribution < 1.29 is 13.2 Å². The molecule has 0 radical (unpaired) electrons. The van der Waals surface area contributed by atoms with Crippen LogP contribution in [0, 0.1) is 0 Å². The third-order valence-corrected chi connectivity index (χ3v) is 3.61. The molecular weight excluding hydrogens is 273 g/mol. The van der Waals surface area contributed by atoms with Gasteiger partial charge in [-0.3, -0.25) is 4.98 Å².